The summed E-state index contributed by atoms with van der Waals surface area (Å²) in [4.78, 5) is 12.5. The number of hydrogen-bond donors (Lipinski definition) is 3. The fourth-order valence-electron chi connectivity index (χ4n) is 10.6. The van der Waals surface area contributed by atoms with Gasteiger partial charge in [-0.15, -0.1) is 0 Å². The van der Waals surface area contributed by atoms with Gasteiger partial charge in [0.15, 0.2) is 0 Å². The number of unbranched alkanes of at least 4 members (excludes halogenated alkanes) is 45. The number of aliphatic hydroxyl groups excluding tert-OH is 2. The summed E-state index contributed by atoms with van der Waals surface area (Å²) in [5.41, 5.74) is 0. The second-order valence-electron chi connectivity index (χ2n) is 23.6. The third-order valence-corrected chi connectivity index (χ3v) is 15.9. The Morgan fingerprint density at radius 1 is 0.321 bits per heavy atom. The summed E-state index contributed by atoms with van der Waals surface area (Å²) in [6.07, 6.45) is 101. The van der Waals surface area contributed by atoms with Gasteiger partial charge in [-0.2, -0.15) is 0 Å². The number of carbonyl (C=O) groups is 1. The summed E-state index contributed by atoms with van der Waals surface area (Å²) < 4.78 is 0. The van der Waals surface area contributed by atoms with Gasteiger partial charge in [-0.25, -0.2) is 0 Å². The molecule has 2 unspecified atom stereocenters. The topological polar surface area (TPSA) is 69.6 Å². The highest BCUT2D eigenvalue weighted by molar-refractivity contribution is 5.76. The van der Waals surface area contributed by atoms with E-state index in [2.05, 4.69) is 92.1 Å². The van der Waals surface area contributed by atoms with Gasteiger partial charge in [-0.3, -0.25) is 4.79 Å². The van der Waals surface area contributed by atoms with Crippen LogP contribution >= 0.6 is 0 Å². The number of aliphatic hydroxyl groups is 2. The zero-order valence-electron chi connectivity index (χ0n) is 52.4. The van der Waals surface area contributed by atoms with Crippen LogP contribution in [0.15, 0.2) is 85.1 Å². The molecule has 0 rings (SSSR count). The van der Waals surface area contributed by atoms with E-state index in [-0.39, 0.29) is 12.5 Å². The molecule has 0 aromatic carbocycles. The molecule has 4 nitrogen and oxygen atoms in total. The first-order chi connectivity index (χ1) is 38.7. The molecule has 3 N–H and O–H groups in total. The molecular formula is C74H135NO3. The van der Waals surface area contributed by atoms with Crippen LogP contribution in [0.25, 0.3) is 0 Å². The average molecular weight is 1090 g/mol. The molecule has 0 aliphatic heterocycles. The van der Waals surface area contributed by atoms with Crippen molar-refractivity contribution in [3.63, 3.8) is 0 Å². The molecule has 0 fully saturated rings. The fourth-order valence-corrected chi connectivity index (χ4v) is 10.6. The van der Waals surface area contributed by atoms with E-state index in [1.807, 2.05) is 6.08 Å². The van der Waals surface area contributed by atoms with Gasteiger partial charge in [0.1, 0.15) is 0 Å². The van der Waals surface area contributed by atoms with Crippen LogP contribution in [0.3, 0.4) is 0 Å². The van der Waals surface area contributed by atoms with Gasteiger partial charge in [-0.05, 0) is 77.0 Å². The van der Waals surface area contributed by atoms with E-state index < -0.39 is 12.1 Å². The molecule has 454 valence electrons. The molecule has 0 bridgehead atoms. The van der Waals surface area contributed by atoms with Crippen molar-refractivity contribution in [3.8, 4) is 0 Å². The summed E-state index contributed by atoms with van der Waals surface area (Å²) in [6, 6.07) is -0.641. The van der Waals surface area contributed by atoms with Gasteiger partial charge in [0.05, 0.1) is 18.8 Å². The van der Waals surface area contributed by atoms with Crippen LogP contribution in [0, 0.1) is 0 Å². The Morgan fingerprint density at radius 3 is 0.897 bits per heavy atom. The van der Waals surface area contributed by atoms with Gasteiger partial charge in [0.25, 0.3) is 0 Å². The van der Waals surface area contributed by atoms with Crippen LogP contribution < -0.4 is 5.32 Å². The Hall–Kier alpha value is -2.43. The molecule has 1 amide bonds. The predicted octanol–water partition coefficient (Wildman–Crippen LogP) is 23.8. The molecule has 4 heteroatoms. The molecule has 0 radical (unpaired) electrons. The van der Waals surface area contributed by atoms with Crippen molar-refractivity contribution in [1.82, 2.24) is 5.32 Å². The molecule has 0 aliphatic rings. The Morgan fingerprint density at radius 2 is 0.577 bits per heavy atom. The number of allylic oxidation sites excluding steroid dienone is 13. The highest BCUT2D eigenvalue weighted by Crippen LogP contribution is 2.18. The van der Waals surface area contributed by atoms with E-state index in [9.17, 15) is 15.0 Å². The number of nitrogens with one attached hydrogen (secondary N) is 1. The second kappa shape index (κ2) is 68.8. The molecular weight excluding hydrogens is 951 g/mol. The minimum Gasteiger partial charge on any atom is -0.394 e. The van der Waals surface area contributed by atoms with Crippen molar-refractivity contribution >= 4 is 5.91 Å². The summed E-state index contributed by atoms with van der Waals surface area (Å²) in [5, 5.41) is 23.3. The van der Waals surface area contributed by atoms with Crippen molar-refractivity contribution in [2.24, 2.45) is 0 Å². The molecule has 0 heterocycles. The summed E-state index contributed by atoms with van der Waals surface area (Å²) >= 11 is 0. The van der Waals surface area contributed by atoms with Crippen LogP contribution in [0.2, 0.25) is 0 Å². The first kappa shape index (κ1) is 75.6. The minimum atomic E-state index is -0.865. The van der Waals surface area contributed by atoms with Crippen LogP contribution in [0.5, 0.6) is 0 Å². The molecule has 0 spiro atoms. The Bertz CT molecular complexity index is 1370. The first-order valence-electron chi connectivity index (χ1n) is 34.8. The largest absolute Gasteiger partial charge is 0.394 e. The maximum atomic E-state index is 12.5. The maximum Gasteiger partial charge on any atom is 0.220 e. The van der Waals surface area contributed by atoms with Crippen molar-refractivity contribution in [1.29, 1.82) is 0 Å². The van der Waals surface area contributed by atoms with Crippen molar-refractivity contribution in [3.05, 3.63) is 85.1 Å². The second-order valence-corrected chi connectivity index (χ2v) is 23.6. The smallest absolute Gasteiger partial charge is 0.220 e. The summed E-state index contributed by atoms with van der Waals surface area (Å²) in [7, 11) is 0. The molecule has 0 saturated heterocycles. The molecule has 0 saturated carbocycles. The lowest BCUT2D eigenvalue weighted by Crippen LogP contribution is -2.45. The van der Waals surface area contributed by atoms with E-state index in [0.717, 1.165) is 64.2 Å². The minimum absolute atomic E-state index is 0.0680. The van der Waals surface area contributed by atoms with Crippen molar-refractivity contribution < 1.29 is 15.0 Å². The van der Waals surface area contributed by atoms with Gasteiger partial charge in [-0.1, -0.05) is 362 Å². The third kappa shape index (κ3) is 64.4. The Labute approximate surface area is 488 Å². The van der Waals surface area contributed by atoms with E-state index >= 15 is 0 Å². The van der Waals surface area contributed by atoms with Crippen molar-refractivity contribution in [2.75, 3.05) is 6.61 Å². The van der Waals surface area contributed by atoms with Gasteiger partial charge in [0.2, 0.25) is 5.91 Å². The number of rotatable bonds is 64. The summed E-state index contributed by atoms with van der Waals surface area (Å²) in [6.45, 7) is 4.22. The van der Waals surface area contributed by atoms with E-state index in [1.165, 1.54) is 276 Å². The predicted molar refractivity (Wildman–Crippen MR) is 350 cm³/mol. The van der Waals surface area contributed by atoms with E-state index in [4.69, 9.17) is 0 Å². The Balaban J connectivity index is 3.44. The highest BCUT2D eigenvalue weighted by Gasteiger charge is 2.18. The highest BCUT2D eigenvalue weighted by atomic mass is 16.3. The summed E-state index contributed by atoms with van der Waals surface area (Å²) in [5.74, 6) is -0.0680. The SMILES string of the molecule is CC/C=C\C/C=C\C/C=C\C/C=C\C/C=C\CCCCCCCCCCCCCCCCCCCCCCCCCCCC(=O)NC(CO)C(O)/C=C/CC/C=C/CCCCCCCCCCCCCCCCCCCCC. The number of amides is 1. The number of carbonyl (C=O) groups excluding carboxylic acids is 1. The van der Waals surface area contributed by atoms with Crippen molar-refractivity contribution in [2.45, 2.75) is 373 Å². The lowest BCUT2D eigenvalue weighted by molar-refractivity contribution is -0.123. The van der Waals surface area contributed by atoms with Gasteiger partial charge < -0.3 is 15.5 Å². The molecule has 0 aliphatic carbocycles. The lowest BCUT2D eigenvalue weighted by atomic mass is 10.0. The van der Waals surface area contributed by atoms with Crippen LogP contribution in [-0.4, -0.2) is 34.9 Å². The average Bonchev–Trinajstić information content (AvgIpc) is 3.44. The van der Waals surface area contributed by atoms with E-state index in [0.29, 0.717) is 6.42 Å². The van der Waals surface area contributed by atoms with Gasteiger partial charge >= 0.3 is 0 Å². The van der Waals surface area contributed by atoms with Gasteiger partial charge in [0, 0.05) is 6.42 Å². The molecule has 0 aromatic rings. The normalized spacial score (nSPS) is 13.2. The van der Waals surface area contributed by atoms with Crippen LogP contribution in [0.4, 0.5) is 0 Å². The Kier molecular flexibility index (Phi) is 66.7. The number of hydrogen-bond acceptors (Lipinski definition) is 3. The lowest BCUT2D eigenvalue weighted by Gasteiger charge is -2.19. The fraction of sp³-hybridized carbons (Fsp3) is 0.797. The van der Waals surface area contributed by atoms with E-state index in [1.54, 1.807) is 6.08 Å². The van der Waals surface area contributed by atoms with Crippen LogP contribution in [0.1, 0.15) is 361 Å². The van der Waals surface area contributed by atoms with Crippen LogP contribution in [-0.2, 0) is 4.79 Å². The first-order valence-corrected chi connectivity index (χ1v) is 34.8. The zero-order chi connectivity index (χ0) is 56.2. The quantitative estimate of drug-likeness (QED) is 0.0420. The third-order valence-electron chi connectivity index (χ3n) is 15.9. The maximum absolute atomic E-state index is 12.5. The standard InChI is InChI=1S/C74H135NO3/c1-3-5-7-9-11-13-15-17-19-21-23-25-27-29-30-31-32-33-34-35-36-37-38-39-40-41-42-43-44-46-48-50-52-54-56-58-60-62-64-66-68-70-74(78)75-72(71-76)73(77)69-67-65-63-61-59-57-55-53-51-49-47-45-28-26-24-22-20-18-16-14-12-10-8-6-4-2/h5,7,11,13,17,19,23,25,29-30,59,61,67,69,72-73,76-77H,3-4,6,8-10,12,14-16,18,20-22,24,26-28,31-58,60,62-66,68,70-71H2,1-2H3,(H,75,78)/b7-5-,13-11-,19-17-,25-23-,30-29-,61-59+,69-67+. The monoisotopic (exact) mass is 1090 g/mol. The molecule has 78 heavy (non-hydrogen) atoms. The molecule has 2 atom stereocenters. The zero-order valence-corrected chi connectivity index (χ0v) is 52.4. The molecule has 0 aromatic heterocycles.